The Morgan fingerprint density at radius 3 is 1.92 bits per heavy atom. The molecular weight excluding hydrogens is 332 g/mol. The fourth-order valence-corrected chi connectivity index (χ4v) is 3.83. The van der Waals surface area contributed by atoms with E-state index in [9.17, 15) is 9.59 Å². The average Bonchev–Trinajstić information content (AvgIpc) is 3.01. The molecule has 1 rings (SSSR count). The molecule has 0 saturated heterocycles. The molecule has 0 aliphatic rings. The predicted molar refractivity (Wildman–Crippen MR) is 103 cm³/mol. The van der Waals surface area contributed by atoms with Crippen LogP contribution in [0.1, 0.15) is 78.6 Å². The minimum atomic E-state index is -3.31. The van der Waals surface area contributed by atoms with E-state index in [1.807, 2.05) is 0 Å². The number of hydrogen-bond donors (Lipinski definition) is 2. The molecule has 1 aromatic rings. The van der Waals surface area contributed by atoms with E-state index in [1.54, 1.807) is 0 Å². The number of aromatic nitrogens is 2. The van der Waals surface area contributed by atoms with Crippen LogP contribution in [0.2, 0.25) is 6.04 Å². The van der Waals surface area contributed by atoms with Crippen LogP contribution in [-0.2, 0) is 16.5 Å². The van der Waals surface area contributed by atoms with Crippen molar-refractivity contribution in [1.29, 1.82) is 0 Å². The highest BCUT2D eigenvalue weighted by Gasteiger charge is 2.29. The Kier molecular flexibility index (Phi) is 9.93. The van der Waals surface area contributed by atoms with Gasteiger partial charge in [0.25, 0.3) is 0 Å². The van der Waals surface area contributed by atoms with Crippen LogP contribution in [0.3, 0.4) is 0 Å². The van der Waals surface area contributed by atoms with Crippen molar-refractivity contribution in [2.45, 2.75) is 96.7 Å². The van der Waals surface area contributed by atoms with Gasteiger partial charge in [0.1, 0.15) is 17.9 Å². The number of nitrogens with zero attached hydrogens (tertiary/aromatic N) is 2. The van der Waals surface area contributed by atoms with E-state index in [-0.39, 0.29) is 5.54 Å². The van der Waals surface area contributed by atoms with Crippen molar-refractivity contribution in [3.8, 4) is 0 Å². The maximum Gasteiger partial charge on any atom is 0.495 e. The Balaban J connectivity index is 1.93. The van der Waals surface area contributed by atoms with Crippen molar-refractivity contribution >= 4 is 8.80 Å². The van der Waals surface area contributed by atoms with Crippen LogP contribution in [0.25, 0.3) is 0 Å². The first-order chi connectivity index (χ1) is 11.7. The molecule has 1 aromatic heterocycles. The van der Waals surface area contributed by atoms with E-state index in [0.717, 1.165) is 19.4 Å². The molecule has 0 saturated carbocycles. The molecule has 0 aliphatic heterocycles. The van der Waals surface area contributed by atoms with Crippen molar-refractivity contribution in [3.63, 3.8) is 0 Å². The fourth-order valence-electron chi connectivity index (χ4n) is 2.91. The van der Waals surface area contributed by atoms with Gasteiger partial charge in [0.2, 0.25) is 6.33 Å². The zero-order chi connectivity index (χ0) is 18.8. The summed E-state index contributed by atoms with van der Waals surface area (Å²) in [5, 5.41) is 0. The second-order valence-corrected chi connectivity index (χ2v) is 10.5. The van der Waals surface area contributed by atoms with Gasteiger partial charge in [0.15, 0.2) is 0 Å². The Labute approximate surface area is 155 Å². The maximum absolute atomic E-state index is 9.44. The Hall–Kier alpha value is -0.693. The van der Waals surface area contributed by atoms with Crippen molar-refractivity contribution in [2.75, 3.05) is 7.11 Å². The van der Waals surface area contributed by atoms with Crippen LogP contribution in [0.15, 0.2) is 18.7 Å². The molecule has 6 heteroatoms. The number of aryl methyl sites for hydroxylation is 1. The van der Waals surface area contributed by atoms with Crippen LogP contribution < -0.4 is 4.57 Å². The molecule has 0 atom stereocenters. The summed E-state index contributed by atoms with van der Waals surface area (Å²) >= 11 is 0. The van der Waals surface area contributed by atoms with Crippen LogP contribution in [0, 0.1) is 0 Å². The lowest BCUT2D eigenvalue weighted by Gasteiger charge is -2.13. The van der Waals surface area contributed by atoms with Crippen LogP contribution in [0.4, 0.5) is 0 Å². The molecule has 0 unspecified atom stereocenters. The summed E-state index contributed by atoms with van der Waals surface area (Å²) in [7, 11) is -1.93. The van der Waals surface area contributed by atoms with Gasteiger partial charge in [-0.1, -0.05) is 38.5 Å². The Morgan fingerprint density at radius 1 is 0.920 bits per heavy atom. The SMILES string of the molecule is CO[Si](O)(O)CCCCCCCCCCC[n+]1ccn(C(C)(C)C)c1. The van der Waals surface area contributed by atoms with Gasteiger partial charge in [-0.3, -0.25) is 0 Å². The molecule has 0 fully saturated rings. The zero-order valence-corrected chi connectivity index (χ0v) is 17.7. The number of rotatable bonds is 13. The molecule has 25 heavy (non-hydrogen) atoms. The topological polar surface area (TPSA) is 58.5 Å². The standard InChI is InChI=1S/C19H39N2O3Si/c1-19(2,3)21-16-15-20(18-21)14-12-10-8-6-5-7-9-11-13-17-25(22,23)24-4/h15-16,18,22-23H,5-14,17H2,1-4H3/q+1. The summed E-state index contributed by atoms with van der Waals surface area (Å²) in [5.74, 6) is 0. The van der Waals surface area contributed by atoms with Crippen molar-refractivity contribution < 1.29 is 18.6 Å². The first kappa shape index (κ1) is 22.3. The van der Waals surface area contributed by atoms with Gasteiger partial charge < -0.3 is 14.0 Å². The zero-order valence-electron chi connectivity index (χ0n) is 16.7. The second-order valence-electron chi connectivity index (χ2n) is 8.11. The third-order valence-electron chi connectivity index (χ3n) is 4.71. The molecule has 0 radical (unpaired) electrons. The number of imidazole rings is 1. The summed E-state index contributed by atoms with van der Waals surface area (Å²) in [4.78, 5) is 18.9. The quantitative estimate of drug-likeness (QED) is 0.316. The predicted octanol–water partition coefficient (Wildman–Crippen LogP) is 3.61. The van der Waals surface area contributed by atoms with E-state index >= 15 is 0 Å². The summed E-state index contributed by atoms with van der Waals surface area (Å²) in [6.45, 7) is 7.78. The molecule has 0 bridgehead atoms. The number of hydrogen-bond acceptors (Lipinski definition) is 3. The van der Waals surface area contributed by atoms with Crippen molar-refractivity contribution in [2.24, 2.45) is 0 Å². The van der Waals surface area contributed by atoms with Gasteiger partial charge in [-0.05, 0) is 40.0 Å². The molecule has 2 N–H and O–H groups in total. The lowest BCUT2D eigenvalue weighted by molar-refractivity contribution is -0.697. The Morgan fingerprint density at radius 2 is 1.44 bits per heavy atom. The van der Waals surface area contributed by atoms with Crippen molar-refractivity contribution in [3.05, 3.63) is 18.7 Å². The minimum Gasteiger partial charge on any atom is -0.390 e. The average molecular weight is 372 g/mol. The summed E-state index contributed by atoms with van der Waals surface area (Å²) in [6, 6.07) is 0.429. The third-order valence-corrected chi connectivity index (χ3v) is 6.37. The molecule has 146 valence electrons. The van der Waals surface area contributed by atoms with E-state index in [4.69, 9.17) is 4.43 Å². The summed E-state index contributed by atoms with van der Waals surface area (Å²) < 4.78 is 9.27. The maximum atomic E-state index is 9.44. The molecule has 0 aromatic carbocycles. The summed E-state index contributed by atoms with van der Waals surface area (Å²) in [6.07, 6.45) is 17.4. The monoisotopic (exact) mass is 371 g/mol. The first-order valence-electron chi connectivity index (χ1n) is 9.82. The third kappa shape index (κ3) is 10.1. The van der Waals surface area contributed by atoms with Gasteiger partial charge in [0, 0.05) is 13.2 Å². The molecule has 1 heterocycles. The number of unbranched alkanes of at least 4 members (excludes halogenated alkanes) is 8. The van der Waals surface area contributed by atoms with Gasteiger partial charge in [-0.2, -0.15) is 0 Å². The molecule has 0 aliphatic carbocycles. The molecule has 5 nitrogen and oxygen atoms in total. The van der Waals surface area contributed by atoms with Gasteiger partial charge in [-0.25, -0.2) is 9.13 Å². The highest BCUT2D eigenvalue weighted by molar-refractivity contribution is 6.57. The minimum absolute atomic E-state index is 0.160. The highest BCUT2D eigenvalue weighted by Crippen LogP contribution is 2.14. The van der Waals surface area contributed by atoms with Gasteiger partial charge >= 0.3 is 8.80 Å². The lowest BCUT2D eigenvalue weighted by Crippen LogP contribution is -2.37. The summed E-state index contributed by atoms with van der Waals surface area (Å²) in [5.41, 5.74) is 0.160. The van der Waals surface area contributed by atoms with E-state index < -0.39 is 8.80 Å². The van der Waals surface area contributed by atoms with Crippen LogP contribution >= 0.6 is 0 Å². The van der Waals surface area contributed by atoms with E-state index in [2.05, 4.69) is 48.6 Å². The Bertz CT molecular complexity index is 469. The normalized spacial score (nSPS) is 12.7. The lowest BCUT2D eigenvalue weighted by atomic mass is 10.1. The van der Waals surface area contributed by atoms with Gasteiger partial charge in [0.05, 0.1) is 6.54 Å². The van der Waals surface area contributed by atoms with Crippen LogP contribution in [-0.4, -0.2) is 30.1 Å². The largest absolute Gasteiger partial charge is 0.495 e. The first-order valence-corrected chi connectivity index (χ1v) is 11.8. The fraction of sp³-hybridized carbons (Fsp3) is 0.842. The smallest absolute Gasteiger partial charge is 0.390 e. The molecule has 0 amide bonds. The second kappa shape index (κ2) is 11.1. The molecular formula is C19H39N2O3Si+. The highest BCUT2D eigenvalue weighted by atomic mass is 28.4. The van der Waals surface area contributed by atoms with Crippen LogP contribution in [0.5, 0.6) is 0 Å². The van der Waals surface area contributed by atoms with E-state index in [1.165, 1.54) is 52.1 Å². The van der Waals surface area contributed by atoms with Crippen molar-refractivity contribution in [1.82, 2.24) is 4.57 Å². The van der Waals surface area contributed by atoms with Gasteiger partial charge in [-0.15, -0.1) is 0 Å². The van der Waals surface area contributed by atoms with E-state index in [0.29, 0.717) is 6.04 Å². The molecule has 0 spiro atoms.